The summed E-state index contributed by atoms with van der Waals surface area (Å²) in [6.45, 7) is 0.617. The van der Waals surface area contributed by atoms with Crippen LogP contribution in [-0.4, -0.2) is 18.5 Å². The normalized spacial score (nSPS) is 21.2. The van der Waals surface area contributed by atoms with Gasteiger partial charge in [-0.15, -0.1) is 11.3 Å². The Morgan fingerprint density at radius 1 is 1.47 bits per heavy atom. The molecule has 1 heterocycles. The van der Waals surface area contributed by atoms with E-state index in [4.69, 9.17) is 5.73 Å². The van der Waals surface area contributed by atoms with Crippen LogP contribution in [0.5, 0.6) is 0 Å². The monoisotopic (exact) mass is 250 g/mol. The van der Waals surface area contributed by atoms with Crippen molar-refractivity contribution in [3.05, 3.63) is 21.9 Å². The van der Waals surface area contributed by atoms with Gasteiger partial charge in [0.1, 0.15) is 0 Å². The zero-order chi connectivity index (χ0) is 11.8. The average Bonchev–Trinajstić information content (AvgIpc) is 3.23. The first-order valence-electron chi connectivity index (χ1n) is 6.37. The highest BCUT2D eigenvalue weighted by molar-refractivity contribution is 7.12. The molecule has 2 aliphatic carbocycles. The zero-order valence-corrected chi connectivity index (χ0v) is 10.6. The highest BCUT2D eigenvalue weighted by Gasteiger charge is 2.30. The minimum atomic E-state index is 0.0676. The van der Waals surface area contributed by atoms with Crippen LogP contribution in [0.2, 0.25) is 0 Å². The first kappa shape index (κ1) is 11.2. The van der Waals surface area contributed by atoms with Crippen LogP contribution in [0.15, 0.2) is 11.4 Å². The van der Waals surface area contributed by atoms with Crippen molar-refractivity contribution >= 4 is 17.2 Å². The Kier molecular flexibility index (Phi) is 2.92. The molecule has 0 aromatic carbocycles. The number of carbonyl (C=O) groups excluding carboxylic acids is 1. The Morgan fingerprint density at radius 3 is 2.88 bits per heavy atom. The van der Waals surface area contributed by atoms with Gasteiger partial charge in [-0.2, -0.15) is 0 Å². The number of hydrogen-bond acceptors (Lipinski definition) is 3. The van der Waals surface area contributed by atoms with Gasteiger partial charge in [-0.3, -0.25) is 4.79 Å². The summed E-state index contributed by atoms with van der Waals surface area (Å²) in [5, 5.41) is 4.99. The van der Waals surface area contributed by atoms with Gasteiger partial charge in [0.05, 0.1) is 4.88 Å². The third-order valence-corrected chi connectivity index (χ3v) is 4.57. The molecule has 1 atom stereocenters. The summed E-state index contributed by atoms with van der Waals surface area (Å²) < 4.78 is 0. The first-order chi connectivity index (χ1) is 8.25. The maximum absolute atomic E-state index is 12.1. The molecule has 0 saturated heterocycles. The second-order valence-corrected chi connectivity index (χ2v) is 6.11. The van der Waals surface area contributed by atoms with Crippen LogP contribution in [-0.2, 0) is 0 Å². The number of amides is 1. The van der Waals surface area contributed by atoms with E-state index in [0.29, 0.717) is 18.4 Å². The molecular weight excluding hydrogens is 232 g/mol. The Balaban J connectivity index is 1.58. The van der Waals surface area contributed by atoms with Gasteiger partial charge in [0.15, 0.2) is 0 Å². The molecule has 1 aromatic heterocycles. The number of nitrogens with one attached hydrogen (secondary N) is 1. The van der Waals surface area contributed by atoms with Crippen molar-refractivity contribution < 1.29 is 4.79 Å². The highest BCUT2D eigenvalue weighted by atomic mass is 32.1. The second kappa shape index (κ2) is 4.42. The van der Waals surface area contributed by atoms with Crippen molar-refractivity contribution in [3.63, 3.8) is 0 Å². The molecular formula is C13H18N2OS. The quantitative estimate of drug-likeness (QED) is 0.840. The maximum Gasteiger partial charge on any atom is 0.261 e. The van der Waals surface area contributed by atoms with Gasteiger partial charge in [-0.05, 0) is 54.5 Å². The average molecular weight is 250 g/mol. The lowest BCUT2D eigenvalue weighted by Crippen LogP contribution is -2.38. The van der Waals surface area contributed by atoms with Crippen molar-refractivity contribution in [1.29, 1.82) is 0 Å². The van der Waals surface area contributed by atoms with Crippen LogP contribution >= 0.6 is 11.3 Å². The first-order valence-corrected chi connectivity index (χ1v) is 7.25. The molecule has 0 aliphatic heterocycles. The van der Waals surface area contributed by atoms with E-state index < -0.39 is 0 Å². The summed E-state index contributed by atoms with van der Waals surface area (Å²) in [4.78, 5) is 12.9. The molecule has 3 nitrogen and oxygen atoms in total. The van der Waals surface area contributed by atoms with Crippen LogP contribution in [0.4, 0.5) is 0 Å². The van der Waals surface area contributed by atoms with E-state index in [9.17, 15) is 4.79 Å². The molecule has 0 spiro atoms. The SMILES string of the molecule is NC(CNC(=O)c1sccc1C1CC1)C1CC1. The molecule has 3 N–H and O–H groups in total. The van der Waals surface area contributed by atoms with Gasteiger partial charge >= 0.3 is 0 Å². The van der Waals surface area contributed by atoms with Crippen molar-refractivity contribution in [2.75, 3.05) is 6.54 Å². The van der Waals surface area contributed by atoms with Crippen LogP contribution in [0.25, 0.3) is 0 Å². The molecule has 17 heavy (non-hydrogen) atoms. The number of thiophene rings is 1. The summed E-state index contributed by atoms with van der Waals surface area (Å²) >= 11 is 1.55. The predicted octanol–water partition coefficient (Wildman–Crippen LogP) is 2.09. The lowest BCUT2D eigenvalue weighted by atomic mass is 10.1. The van der Waals surface area contributed by atoms with Gasteiger partial charge in [0.25, 0.3) is 5.91 Å². The fourth-order valence-electron chi connectivity index (χ4n) is 2.20. The Labute approximate surface area is 105 Å². The van der Waals surface area contributed by atoms with E-state index in [1.54, 1.807) is 11.3 Å². The predicted molar refractivity (Wildman–Crippen MR) is 69.3 cm³/mol. The van der Waals surface area contributed by atoms with Crippen molar-refractivity contribution in [3.8, 4) is 0 Å². The van der Waals surface area contributed by atoms with E-state index in [1.807, 2.05) is 5.38 Å². The van der Waals surface area contributed by atoms with Crippen molar-refractivity contribution in [1.82, 2.24) is 5.32 Å². The van der Waals surface area contributed by atoms with E-state index in [1.165, 1.54) is 31.2 Å². The van der Waals surface area contributed by atoms with Crippen LogP contribution in [0.1, 0.15) is 46.8 Å². The highest BCUT2D eigenvalue weighted by Crippen LogP contribution is 2.43. The van der Waals surface area contributed by atoms with Crippen molar-refractivity contribution in [2.45, 2.75) is 37.6 Å². The molecule has 92 valence electrons. The number of carbonyl (C=O) groups is 1. The molecule has 0 bridgehead atoms. The standard InChI is InChI=1S/C13H18N2OS/c14-11(9-3-4-9)7-15-13(16)12-10(5-6-17-12)8-1-2-8/h5-6,8-9,11H,1-4,7,14H2,(H,15,16). The number of nitrogens with two attached hydrogens (primary N) is 1. The molecule has 1 unspecified atom stereocenters. The van der Waals surface area contributed by atoms with Gasteiger partial charge < -0.3 is 11.1 Å². The molecule has 1 amide bonds. The molecule has 3 rings (SSSR count). The maximum atomic E-state index is 12.1. The van der Waals surface area contributed by atoms with Crippen LogP contribution in [0.3, 0.4) is 0 Å². The molecule has 2 saturated carbocycles. The second-order valence-electron chi connectivity index (χ2n) is 5.19. The van der Waals surface area contributed by atoms with Crippen LogP contribution < -0.4 is 11.1 Å². The summed E-state index contributed by atoms with van der Waals surface area (Å²) in [5.41, 5.74) is 7.22. The Morgan fingerprint density at radius 2 is 2.24 bits per heavy atom. The topological polar surface area (TPSA) is 55.1 Å². The lowest BCUT2D eigenvalue weighted by molar-refractivity contribution is 0.0953. The van der Waals surface area contributed by atoms with Gasteiger partial charge in [0.2, 0.25) is 0 Å². The summed E-state index contributed by atoms with van der Waals surface area (Å²) in [7, 11) is 0. The van der Waals surface area contributed by atoms with Crippen LogP contribution in [0, 0.1) is 5.92 Å². The molecule has 2 aliphatic rings. The van der Waals surface area contributed by atoms with E-state index >= 15 is 0 Å². The van der Waals surface area contributed by atoms with Gasteiger partial charge in [0, 0.05) is 12.6 Å². The van der Waals surface area contributed by atoms with Gasteiger partial charge in [-0.25, -0.2) is 0 Å². The molecule has 1 aromatic rings. The summed E-state index contributed by atoms with van der Waals surface area (Å²) in [5.74, 6) is 1.35. The molecule has 0 radical (unpaired) electrons. The fraction of sp³-hybridized carbons (Fsp3) is 0.615. The number of hydrogen-bond donors (Lipinski definition) is 2. The molecule has 2 fully saturated rings. The third kappa shape index (κ3) is 2.53. The fourth-order valence-corrected chi connectivity index (χ4v) is 3.10. The minimum absolute atomic E-state index is 0.0676. The minimum Gasteiger partial charge on any atom is -0.350 e. The smallest absolute Gasteiger partial charge is 0.261 e. The largest absolute Gasteiger partial charge is 0.350 e. The van der Waals surface area contributed by atoms with Crippen molar-refractivity contribution in [2.24, 2.45) is 11.7 Å². The van der Waals surface area contributed by atoms with E-state index in [0.717, 1.165) is 4.88 Å². The summed E-state index contributed by atoms with van der Waals surface area (Å²) in [6, 6.07) is 2.24. The van der Waals surface area contributed by atoms with E-state index in [-0.39, 0.29) is 11.9 Å². The van der Waals surface area contributed by atoms with Gasteiger partial charge in [-0.1, -0.05) is 0 Å². The molecule has 4 heteroatoms. The lowest BCUT2D eigenvalue weighted by Gasteiger charge is -2.11. The zero-order valence-electron chi connectivity index (χ0n) is 9.82. The van der Waals surface area contributed by atoms with E-state index in [2.05, 4.69) is 11.4 Å². The summed E-state index contributed by atoms with van der Waals surface area (Å²) in [6.07, 6.45) is 4.92. The third-order valence-electron chi connectivity index (χ3n) is 3.64. The number of rotatable bonds is 5. The Bertz CT molecular complexity index is 421. The Hall–Kier alpha value is -0.870.